The van der Waals surface area contributed by atoms with Crippen LogP contribution in [0.5, 0.6) is 11.5 Å². The minimum absolute atomic E-state index is 0.0196. The molecule has 4 rings (SSSR count). The number of methoxy groups -OCH3 is 1. The van der Waals surface area contributed by atoms with Gasteiger partial charge in [-0.1, -0.05) is 6.07 Å². The average molecular weight is 403 g/mol. The van der Waals surface area contributed by atoms with Crippen LogP contribution >= 0.6 is 11.3 Å². The van der Waals surface area contributed by atoms with Gasteiger partial charge in [0.25, 0.3) is 5.91 Å². The van der Waals surface area contributed by atoms with Gasteiger partial charge in [0.15, 0.2) is 0 Å². The van der Waals surface area contributed by atoms with Crippen LogP contribution in [0, 0.1) is 0 Å². The molecule has 2 aromatic rings. The molecule has 0 bridgehead atoms. The van der Waals surface area contributed by atoms with E-state index in [-0.39, 0.29) is 18.1 Å². The maximum absolute atomic E-state index is 12.0. The second-order valence-corrected chi connectivity index (χ2v) is 8.00. The van der Waals surface area contributed by atoms with Gasteiger partial charge in [0.2, 0.25) is 0 Å². The SMILES string of the molecule is COc1ccc2c(c1)[C@H]1OCCN(CCCCNC(=O)c3cccs3)[C@@H]1CO2. The molecule has 1 N–H and O–H groups in total. The van der Waals surface area contributed by atoms with Crippen LogP contribution in [0.4, 0.5) is 0 Å². The lowest BCUT2D eigenvalue weighted by Crippen LogP contribution is -2.52. The lowest BCUT2D eigenvalue weighted by atomic mass is 9.96. The molecule has 0 unspecified atom stereocenters. The first kappa shape index (κ1) is 19.2. The van der Waals surface area contributed by atoms with Gasteiger partial charge in [-0.2, -0.15) is 0 Å². The minimum atomic E-state index is 0.0196. The number of nitrogens with one attached hydrogen (secondary N) is 1. The fraction of sp³-hybridized carbons (Fsp3) is 0.476. The largest absolute Gasteiger partial charge is 0.497 e. The molecule has 1 fully saturated rings. The first-order valence-electron chi connectivity index (χ1n) is 9.74. The normalized spacial score (nSPS) is 21.3. The van der Waals surface area contributed by atoms with Crippen LogP contribution < -0.4 is 14.8 Å². The molecule has 1 aromatic heterocycles. The van der Waals surface area contributed by atoms with E-state index in [2.05, 4.69) is 10.2 Å². The summed E-state index contributed by atoms with van der Waals surface area (Å²) < 4.78 is 17.5. The summed E-state index contributed by atoms with van der Waals surface area (Å²) in [6, 6.07) is 9.87. The Bertz CT molecular complexity index is 796. The summed E-state index contributed by atoms with van der Waals surface area (Å²) in [4.78, 5) is 15.2. The summed E-state index contributed by atoms with van der Waals surface area (Å²) in [7, 11) is 1.67. The maximum Gasteiger partial charge on any atom is 0.261 e. The van der Waals surface area contributed by atoms with E-state index in [1.165, 1.54) is 11.3 Å². The van der Waals surface area contributed by atoms with E-state index >= 15 is 0 Å². The van der Waals surface area contributed by atoms with Crippen molar-refractivity contribution >= 4 is 17.2 Å². The van der Waals surface area contributed by atoms with Crippen molar-refractivity contribution in [2.45, 2.75) is 25.0 Å². The average Bonchev–Trinajstić information content (AvgIpc) is 3.28. The molecule has 0 saturated carbocycles. The number of hydrogen-bond donors (Lipinski definition) is 1. The summed E-state index contributed by atoms with van der Waals surface area (Å²) in [5.41, 5.74) is 1.07. The minimum Gasteiger partial charge on any atom is -0.497 e. The number of amides is 1. The number of ether oxygens (including phenoxy) is 3. The Morgan fingerprint density at radius 2 is 2.29 bits per heavy atom. The highest BCUT2D eigenvalue weighted by atomic mass is 32.1. The van der Waals surface area contributed by atoms with Crippen LogP contribution in [0.1, 0.15) is 34.2 Å². The first-order chi connectivity index (χ1) is 13.8. The second-order valence-electron chi connectivity index (χ2n) is 7.05. The van der Waals surface area contributed by atoms with Gasteiger partial charge in [-0.05, 0) is 49.0 Å². The Kier molecular flexibility index (Phi) is 6.14. The topological polar surface area (TPSA) is 60.0 Å². The third-order valence-corrected chi connectivity index (χ3v) is 6.20. The monoisotopic (exact) mass is 402 g/mol. The number of nitrogens with zero attached hydrogens (tertiary/aromatic N) is 1. The fourth-order valence-corrected chi connectivity index (χ4v) is 4.49. The Hall–Kier alpha value is -2.09. The molecule has 1 saturated heterocycles. The molecule has 2 atom stereocenters. The van der Waals surface area contributed by atoms with Crippen molar-refractivity contribution in [3.8, 4) is 11.5 Å². The zero-order valence-corrected chi connectivity index (χ0v) is 16.9. The number of hydrogen-bond acceptors (Lipinski definition) is 6. The third-order valence-electron chi connectivity index (χ3n) is 5.33. The Balaban J connectivity index is 1.28. The van der Waals surface area contributed by atoms with Gasteiger partial charge in [0, 0.05) is 18.7 Å². The number of rotatable bonds is 7. The number of fused-ring (bicyclic) bond motifs is 3. The second kappa shape index (κ2) is 8.94. The third kappa shape index (κ3) is 4.16. The zero-order chi connectivity index (χ0) is 19.3. The quantitative estimate of drug-likeness (QED) is 0.721. The molecule has 28 heavy (non-hydrogen) atoms. The van der Waals surface area contributed by atoms with Crippen LogP contribution in [0.3, 0.4) is 0 Å². The van der Waals surface area contributed by atoms with E-state index in [9.17, 15) is 4.79 Å². The van der Waals surface area contributed by atoms with Gasteiger partial charge in [-0.3, -0.25) is 9.69 Å². The van der Waals surface area contributed by atoms with E-state index < -0.39 is 0 Å². The summed E-state index contributed by atoms with van der Waals surface area (Å²) in [6.45, 7) is 3.94. The van der Waals surface area contributed by atoms with Gasteiger partial charge < -0.3 is 19.5 Å². The van der Waals surface area contributed by atoms with Gasteiger partial charge in [0.1, 0.15) is 24.2 Å². The van der Waals surface area contributed by atoms with Crippen molar-refractivity contribution in [2.24, 2.45) is 0 Å². The van der Waals surface area contributed by atoms with Crippen LogP contribution in [-0.2, 0) is 4.74 Å². The van der Waals surface area contributed by atoms with Crippen LogP contribution in [0.15, 0.2) is 35.7 Å². The molecule has 1 aromatic carbocycles. The van der Waals surface area contributed by atoms with Crippen LogP contribution in [-0.4, -0.2) is 56.8 Å². The van der Waals surface area contributed by atoms with Gasteiger partial charge >= 0.3 is 0 Å². The van der Waals surface area contributed by atoms with Gasteiger partial charge in [0.05, 0.1) is 24.6 Å². The Labute approximate surface area is 169 Å². The number of unbranched alkanes of at least 4 members (excludes halogenated alkanes) is 1. The molecule has 6 nitrogen and oxygen atoms in total. The lowest BCUT2D eigenvalue weighted by molar-refractivity contribution is -0.0960. The van der Waals surface area contributed by atoms with Crippen molar-refractivity contribution in [3.63, 3.8) is 0 Å². The van der Waals surface area contributed by atoms with Crippen LogP contribution in [0.2, 0.25) is 0 Å². The highest BCUT2D eigenvalue weighted by molar-refractivity contribution is 7.12. The van der Waals surface area contributed by atoms with Crippen molar-refractivity contribution in [1.29, 1.82) is 0 Å². The van der Waals surface area contributed by atoms with Crippen molar-refractivity contribution in [2.75, 3.05) is 40.0 Å². The molecule has 2 aliphatic rings. The molecule has 2 aliphatic heterocycles. The van der Waals surface area contributed by atoms with Gasteiger partial charge in [-0.15, -0.1) is 11.3 Å². The van der Waals surface area contributed by atoms with Crippen molar-refractivity contribution in [3.05, 3.63) is 46.2 Å². The standard InChI is InChI=1S/C21H26N2O4S/c1-25-15-6-7-18-16(13-15)20-17(14-27-18)23(10-11-26-20)9-3-2-8-22-21(24)19-5-4-12-28-19/h4-7,12-13,17,20H,2-3,8-11,14H2,1H3,(H,22,24)/t17-,20-/m1/s1. The van der Waals surface area contributed by atoms with E-state index in [0.29, 0.717) is 19.8 Å². The molecular weight excluding hydrogens is 376 g/mol. The maximum atomic E-state index is 12.0. The van der Waals surface area contributed by atoms with E-state index in [1.807, 2.05) is 35.7 Å². The highest BCUT2D eigenvalue weighted by Crippen LogP contribution is 2.40. The number of carbonyl (C=O) groups excluding carboxylic acids is 1. The Morgan fingerprint density at radius 1 is 1.36 bits per heavy atom. The number of benzene rings is 1. The van der Waals surface area contributed by atoms with Crippen molar-refractivity contribution in [1.82, 2.24) is 10.2 Å². The van der Waals surface area contributed by atoms with Gasteiger partial charge in [-0.25, -0.2) is 0 Å². The molecule has 0 aliphatic carbocycles. The molecule has 7 heteroatoms. The highest BCUT2D eigenvalue weighted by Gasteiger charge is 2.38. The first-order valence-corrected chi connectivity index (χ1v) is 10.6. The summed E-state index contributed by atoms with van der Waals surface area (Å²) >= 11 is 1.47. The van der Waals surface area contributed by atoms with E-state index in [4.69, 9.17) is 14.2 Å². The molecule has 1 amide bonds. The van der Waals surface area contributed by atoms with E-state index in [0.717, 1.165) is 47.9 Å². The molecule has 0 spiro atoms. The van der Waals surface area contributed by atoms with Crippen LogP contribution in [0.25, 0.3) is 0 Å². The molecule has 0 radical (unpaired) electrons. The predicted octanol–water partition coefficient (Wildman–Crippen LogP) is 3.10. The smallest absolute Gasteiger partial charge is 0.261 e. The van der Waals surface area contributed by atoms with Crippen molar-refractivity contribution < 1.29 is 19.0 Å². The molecule has 3 heterocycles. The molecular formula is C21H26N2O4S. The fourth-order valence-electron chi connectivity index (χ4n) is 3.85. The zero-order valence-electron chi connectivity index (χ0n) is 16.1. The predicted molar refractivity (Wildman–Crippen MR) is 108 cm³/mol. The number of thiophene rings is 1. The Morgan fingerprint density at radius 3 is 3.11 bits per heavy atom. The molecule has 150 valence electrons. The summed E-state index contributed by atoms with van der Waals surface area (Å²) in [6.07, 6.45) is 2.00. The number of morpholine rings is 1. The van der Waals surface area contributed by atoms with E-state index in [1.54, 1.807) is 7.11 Å². The summed E-state index contributed by atoms with van der Waals surface area (Å²) in [5.74, 6) is 1.73. The lowest BCUT2D eigenvalue weighted by Gasteiger charge is -2.44. The summed E-state index contributed by atoms with van der Waals surface area (Å²) in [5, 5.41) is 4.91. The number of carbonyl (C=O) groups is 1.